The Morgan fingerprint density at radius 1 is 1.60 bits per heavy atom. The van der Waals surface area contributed by atoms with E-state index in [1.807, 2.05) is 17.8 Å². The highest BCUT2D eigenvalue weighted by Gasteiger charge is 2.04. The molecule has 15 heavy (non-hydrogen) atoms. The first-order valence-electron chi connectivity index (χ1n) is 4.74. The zero-order valence-electron chi connectivity index (χ0n) is 9.28. The van der Waals surface area contributed by atoms with Crippen LogP contribution in [-0.4, -0.2) is 30.1 Å². The van der Waals surface area contributed by atoms with Crippen LogP contribution in [0.2, 0.25) is 0 Å². The zero-order chi connectivity index (χ0) is 11.3. The molecule has 5 heteroatoms. The van der Waals surface area contributed by atoms with Gasteiger partial charge in [-0.15, -0.1) is 0 Å². The molecule has 0 aliphatic rings. The molecule has 0 bridgehead atoms. The molecule has 0 spiro atoms. The lowest BCUT2D eigenvalue weighted by molar-refractivity contribution is 0.401. The second kappa shape index (κ2) is 5.70. The van der Waals surface area contributed by atoms with Crippen LogP contribution in [0.3, 0.4) is 0 Å². The van der Waals surface area contributed by atoms with E-state index in [1.54, 1.807) is 13.2 Å². The van der Waals surface area contributed by atoms with E-state index in [4.69, 9.17) is 10.5 Å². The summed E-state index contributed by atoms with van der Waals surface area (Å²) in [4.78, 5) is 4.23. The van der Waals surface area contributed by atoms with Crippen LogP contribution in [0, 0.1) is 0 Å². The molecule has 0 aliphatic carbocycles. The van der Waals surface area contributed by atoms with Crippen molar-refractivity contribution in [3.05, 3.63) is 12.1 Å². The number of thioether (sulfide) groups is 1. The number of nitrogens with two attached hydrogens (primary N) is 1. The Bertz CT molecular complexity index is 320. The van der Waals surface area contributed by atoms with Crippen molar-refractivity contribution in [2.24, 2.45) is 0 Å². The topological polar surface area (TPSA) is 60.2 Å². The van der Waals surface area contributed by atoms with Gasteiger partial charge in [-0.1, -0.05) is 6.92 Å². The number of nitrogens with one attached hydrogen (secondary N) is 1. The van der Waals surface area contributed by atoms with E-state index in [2.05, 4.69) is 23.5 Å². The van der Waals surface area contributed by atoms with Crippen LogP contribution in [0.15, 0.2) is 12.1 Å². The van der Waals surface area contributed by atoms with E-state index >= 15 is 0 Å². The van der Waals surface area contributed by atoms with Gasteiger partial charge in [-0.05, 0) is 18.4 Å². The van der Waals surface area contributed by atoms with Gasteiger partial charge in [-0.25, -0.2) is 0 Å². The van der Waals surface area contributed by atoms with E-state index in [0.717, 1.165) is 12.4 Å². The molecule has 0 saturated heterocycles. The van der Waals surface area contributed by atoms with Crippen LogP contribution in [0.4, 0.5) is 11.5 Å². The van der Waals surface area contributed by atoms with Crippen LogP contribution in [0.1, 0.15) is 6.92 Å². The molecule has 0 fully saturated rings. The first kappa shape index (κ1) is 12.0. The fraction of sp³-hybridized carbons (Fsp3) is 0.500. The number of rotatable bonds is 5. The minimum atomic E-state index is 0.469. The first-order valence-corrected chi connectivity index (χ1v) is 6.03. The Hall–Kier alpha value is -1.10. The fourth-order valence-corrected chi connectivity index (χ4v) is 1.29. The van der Waals surface area contributed by atoms with Crippen molar-refractivity contribution in [3.63, 3.8) is 0 Å². The number of hydrogen-bond acceptors (Lipinski definition) is 5. The van der Waals surface area contributed by atoms with Crippen LogP contribution in [0.5, 0.6) is 5.88 Å². The van der Waals surface area contributed by atoms with E-state index < -0.39 is 0 Å². The van der Waals surface area contributed by atoms with Crippen LogP contribution >= 0.6 is 11.8 Å². The Morgan fingerprint density at radius 2 is 2.33 bits per heavy atom. The molecule has 1 heterocycles. The second-order valence-electron chi connectivity index (χ2n) is 3.22. The minimum absolute atomic E-state index is 0.469. The van der Waals surface area contributed by atoms with E-state index in [-0.39, 0.29) is 0 Å². The molecule has 0 saturated carbocycles. The molecule has 1 aromatic rings. The molecule has 1 unspecified atom stereocenters. The summed E-state index contributed by atoms with van der Waals surface area (Å²) in [6.45, 7) is 3.04. The predicted octanol–water partition coefficient (Wildman–Crippen LogP) is 1.84. The predicted molar refractivity (Wildman–Crippen MR) is 66.7 cm³/mol. The zero-order valence-corrected chi connectivity index (χ0v) is 10.1. The van der Waals surface area contributed by atoms with Gasteiger partial charge in [0.05, 0.1) is 12.8 Å². The summed E-state index contributed by atoms with van der Waals surface area (Å²) < 4.78 is 5.04. The maximum absolute atomic E-state index is 5.66. The molecule has 0 aromatic carbocycles. The molecule has 1 aromatic heterocycles. The van der Waals surface area contributed by atoms with Crippen LogP contribution in [-0.2, 0) is 0 Å². The maximum atomic E-state index is 5.66. The number of ether oxygens (including phenoxy) is 1. The number of nitrogens with zero attached hydrogens (tertiary/aromatic N) is 1. The van der Waals surface area contributed by atoms with Gasteiger partial charge in [0.15, 0.2) is 0 Å². The molecule has 84 valence electrons. The highest BCUT2D eigenvalue weighted by Crippen LogP contribution is 2.20. The first-order chi connectivity index (χ1) is 7.17. The van der Waals surface area contributed by atoms with Crippen molar-refractivity contribution in [2.45, 2.75) is 12.2 Å². The summed E-state index contributed by atoms with van der Waals surface area (Å²) in [6.07, 6.45) is 2.09. The number of pyridine rings is 1. The quantitative estimate of drug-likeness (QED) is 0.803. The van der Waals surface area contributed by atoms with Gasteiger partial charge in [-0.3, -0.25) is 0 Å². The summed E-state index contributed by atoms with van der Waals surface area (Å²) in [5.41, 5.74) is 6.22. The van der Waals surface area contributed by atoms with Gasteiger partial charge in [0.2, 0.25) is 5.88 Å². The molecule has 4 nitrogen and oxygen atoms in total. The second-order valence-corrected chi connectivity index (χ2v) is 4.50. The van der Waals surface area contributed by atoms with Gasteiger partial charge in [0, 0.05) is 11.8 Å². The van der Waals surface area contributed by atoms with E-state index in [9.17, 15) is 0 Å². The Kier molecular flexibility index (Phi) is 4.55. The Balaban J connectivity index is 2.62. The third-order valence-electron chi connectivity index (χ3n) is 2.06. The Morgan fingerprint density at radius 3 is 2.93 bits per heavy atom. The van der Waals surface area contributed by atoms with Gasteiger partial charge >= 0.3 is 0 Å². The van der Waals surface area contributed by atoms with Gasteiger partial charge in [0.25, 0.3) is 0 Å². The van der Waals surface area contributed by atoms with Crippen molar-refractivity contribution in [1.82, 2.24) is 4.98 Å². The lowest BCUT2D eigenvalue weighted by atomic mass is 10.4. The normalized spacial score (nSPS) is 12.2. The molecule has 3 N–H and O–H groups in total. The lowest BCUT2D eigenvalue weighted by Gasteiger charge is -2.11. The molecular weight excluding hydrogens is 210 g/mol. The number of anilines is 2. The largest absolute Gasteiger partial charge is 0.479 e. The molecule has 0 radical (unpaired) electrons. The molecule has 0 amide bonds. The smallest absolute Gasteiger partial charge is 0.238 e. The Labute approximate surface area is 94.6 Å². The molecule has 1 rings (SSSR count). The van der Waals surface area contributed by atoms with Crippen molar-refractivity contribution >= 4 is 23.3 Å². The van der Waals surface area contributed by atoms with Crippen molar-refractivity contribution in [1.29, 1.82) is 0 Å². The SMILES string of the molecule is COc1nc(NCC(C)SC)ccc1N. The molecular formula is C10H17N3OS. The highest BCUT2D eigenvalue weighted by atomic mass is 32.2. The van der Waals surface area contributed by atoms with Gasteiger partial charge in [-0.2, -0.15) is 16.7 Å². The lowest BCUT2D eigenvalue weighted by Crippen LogP contribution is -2.13. The van der Waals surface area contributed by atoms with Gasteiger partial charge in [0.1, 0.15) is 5.82 Å². The number of methoxy groups -OCH3 is 1. The standard InChI is InChI=1S/C10H17N3OS/c1-7(15-3)6-12-9-5-4-8(11)10(13-9)14-2/h4-5,7H,6,11H2,1-3H3,(H,12,13). The monoisotopic (exact) mass is 227 g/mol. The third kappa shape index (κ3) is 3.51. The fourth-order valence-electron chi connectivity index (χ4n) is 1.04. The van der Waals surface area contributed by atoms with Crippen LogP contribution < -0.4 is 15.8 Å². The number of hydrogen-bond donors (Lipinski definition) is 2. The summed E-state index contributed by atoms with van der Waals surface area (Å²) >= 11 is 1.81. The van der Waals surface area contributed by atoms with Gasteiger partial charge < -0.3 is 15.8 Å². The maximum Gasteiger partial charge on any atom is 0.238 e. The minimum Gasteiger partial charge on any atom is -0.479 e. The third-order valence-corrected chi connectivity index (χ3v) is 3.03. The summed E-state index contributed by atoms with van der Waals surface area (Å²) in [5.74, 6) is 1.26. The van der Waals surface area contributed by atoms with E-state index in [1.165, 1.54) is 0 Å². The summed E-state index contributed by atoms with van der Waals surface area (Å²) in [6, 6.07) is 3.64. The summed E-state index contributed by atoms with van der Waals surface area (Å²) in [5, 5.41) is 3.78. The van der Waals surface area contributed by atoms with Crippen molar-refractivity contribution in [3.8, 4) is 5.88 Å². The van der Waals surface area contributed by atoms with E-state index in [0.29, 0.717) is 16.8 Å². The highest BCUT2D eigenvalue weighted by molar-refractivity contribution is 7.99. The number of nitrogen functional groups attached to an aromatic ring is 1. The summed E-state index contributed by atoms with van der Waals surface area (Å²) in [7, 11) is 1.56. The molecule has 0 aliphatic heterocycles. The van der Waals surface area contributed by atoms with Crippen LogP contribution in [0.25, 0.3) is 0 Å². The average molecular weight is 227 g/mol. The molecule has 1 atom stereocenters. The average Bonchev–Trinajstić information content (AvgIpc) is 2.27. The van der Waals surface area contributed by atoms with Crippen molar-refractivity contribution < 1.29 is 4.74 Å². The number of aromatic nitrogens is 1. The van der Waals surface area contributed by atoms with Crippen molar-refractivity contribution in [2.75, 3.05) is 31.0 Å².